The molecule has 0 aliphatic rings. The second kappa shape index (κ2) is 5.22. The summed E-state index contributed by atoms with van der Waals surface area (Å²) in [7, 11) is 0. The van der Waals surface area contributed by atoms with Gasteiger partial charge in [0.05, 0.1) is 27.4 Å². The number of benzene rings is 1. The van der Waals surface area contributed by atoms with E-state index in [1.54, 1.807) is 18.4 Å². The predicted molar refractivity (Wildman–Crippen MR) is 77.2 cm³/mol. The van der Waals surface area contributed by atoms with E-state index in [1.807, 2.05) is 0 Å². The Morgan fingerprint density at radius 3 is 2.70 bits per heavy atom. The van der Waals surface area contributed by atoms with Gasteiger partial charge in [-0.1, -0.05) is 11.6 Å². The molecule has 0 atom stereocenters. The number of primary amides is 1. The Kier molecular flexibility index (Phi) is 3.93. The summed E-state index contributed by atoms with van der Waals surface area (Å²) in [4.78, 5) is 15.8. The zero-order valence-corrected chi connectivity index (χ0v) is 12.6. The number of nitrogens with zero attached hydrogens (tertiary/aromatic N) is 2. The topological polar surface area (TPSA) is 60.9 Å². The summed E-state index contributed by atoms with van der Waals surface area (Å²) in [5.41, 5.74) is 5.65. The molecular formula is C13H14Cl2FN3O. The Balaban J connectivity index is 2.61. The Hall–Kier alpha value is -1.33. The number of imidazole rings is 1. The summed E-state index contributed by atoms with van der Waals surface area (Å²) in [6.07, 6.45) is 0. The average Bonchev–Trinajstić information content (AvgIpc) is 2.67. The van der Waals surface area contributed by atoms with Crippen molar-refractivity contribution in [1.29, 1.82) is 0 Å². The van der Waals surface area contributed by atoms with Crippen LogP contribution in [0.4, 0.5) is 4.39 Å². The van der Waals surface area contributed by atoms with Crippen molar-refractivity contribution < 1.29 is 9.18 Å². The number of hydrogen-bond acceptors (Lipinski definition) is 2. The molecule has 1 heterocycles. The predicted octanol–water partition coefficient (Wildman–Crippen LogP) is 3.08. The first-order valence-electron chi connectivity index (χ1n) is 5.96. The van der Waals surface area contributed by atoms with Crippen LogP contribution < -0.4 is 5.73 Å². The minimum atomic E-state index is -0.801. The van der Waals surface area contributed by atoms with Gasteiger partial charge < -0.3 is 10.3 Å². The first-order chi connectivity index (χ1) is 9.26. The van der Waals surface area contributed by atoms with Crippen LogP contribution in [-0.2, 0) is 17.2 Å². The molecule has 0 unspecified atom stereocenters. The van der Waals surface area contributed by atoms with Crippen molar-refractivity contribution >= 4 is 40.1 Å². The van der Waals surface area contributed by atoms with E-state index < -0.39 is 17.1 Å². The van der Waals surface area contributed by atoms with Gasteiger partial charge in [0.25, 0.3) is 0 Å². The maximum absolute atomic E-state index is 13.6. The van der Waals surface area contributed by atoms with E-state index in [2.05, 4.69) is 4.98 Å². The minimum absolute atomic E-state index is 0.00238. The highest BCUT2D eigenvalue weighted by atomic mass is 35.5. The first kappa shape index (κ1) is 15.1. The molecule has 0 fully saturated rings. The monoisotopic (exact) mass is 317 g/mol. The third kappa shape index (κ3) is 2.60. The van der Waals surface area contributed by atoms with Crippen LogP contribution in [0, 0.1) is 11.2 Å². The number of halogens is 3. The van der Waals surface area contributed by atoms with Crippen molar-refractivity contribution in [3.05, 3.63) is 28.8 Å². The molecule has 2 N–H and O–H groups in total. The molecule has 2 rings (SSSR count). The minimum Gasteiger partial charge on any atom is -0.369 e. The Labute approximate surface area is 125 Å². The maximum atomic E-state index is 13.6. The molecular weight excluding hydrogens is 304 g/mol. The third-order valence-electron chi connectivity index (χ3n) is 3.21. The van der Waals surface area contributed by atoms with E-state index in [1.165, 1.54) is 12.1 Å². The van der Waals surface area contributed by atoms with Crippen LogP contribution in [-0.4, -0.2) is 15.5 Å². The van der Waals surface area contributed by atoms with Gasteiger partial charge >= 0.3 is 0 Å². The molecule has 0 spiro atoms. The molecule has 0 radical (unpaired) electrons. The molecule has 0 aliphatic carbocycles. The van der Waals surface area contributed by atoms with E-state index in [0.717, 1.165) is 0 Å². The van der Waals surface area contributed by atoms with Gasteiger partial charge in [0.2, 0.25) is 5.91 Å². The van der Waals surface area contributed by atoms with Gasteiger partial charge in [0, 0.05) is 12.6 Å². The molecule has 0 saturated heterocycles. The highest BCUT2D eigenvalue weighted by Crippen LogP contribution is 2.27. The first-order valence-corrected chi connectivity index (χ1v) is 6.87. The lowest BCUT2D eigenvalue weighted by Gasteiger charge is -2.22. The summed E-state index contributed by atoms with van der Waals surface area (Å²) in [6.45, 7) is 3.69. The van der Waals surface area contributed by atoms with Crippen LogP contribution in [0.2, 0.25) is 5.02 Å². The molecule has 0 aliphatic heterocycles. The van der Waals surface area contributed by atoms with E-state index in [9.17, 15) is 9.18 Å². The van der Waals surface area contributed by atoms with Crippen molar-refractivity contribution in [3.8, 4) is 0 Å². The Bertz CT molecular complexity index is 682. The molecule has 1 amide bonds. The van der Waals surface area contributed by atoms with Crippen LogP contribution in [0.5, 0.6) is 0 Å². The van der Waals surface area contributed by atoms with E-state index in [4.69, 9.17) is 28.9 Å². The van der Waals surface area contributed by atoms with Gasteiger partial charge in [-0.15, -0.1) is 11.6 Å². The van der Waals surface area contributed by atoms with Crippen LogP contribution >= 0.6 is 23.2 Å². The molecule has 7 heteroatoms. The fraction of sp³-hybridized carbons (Fsp3) is 0.385. The van der Waals surface area contributed by atoms with Gasteiger partial charge in [0.15, 0.2) is 0 Å². The maximum Gasteiger partial charge on any atom is 0.224 e. The number of fused-ring (bicyclic) bond motifs is 1. The van der Waals surface area contributed by atoms with Crippen LogP contribution in [0.3, 0.4) is 0 Å². The number of aromatic nitrogens is 2. The van der Waals surface area contributed by atoms with Gasteiger partial charge in [-0.25, -0.2) is 9.37 Å². The number of carbonyl (C=O) groups excluding carboxylic acids is 1. The van der Waals surface area contributed by atoms with Gasteiger partial charge in [-0.2, -0.15) is 0 Å². The summed E-state index contributed by atoms with van der Waals surface area (Å²) in [6, 6.07) is 2.73. The fourth-order valence-corrected chi connectivity index (χ4v) is 2.28. The standard InChI is InChI=1S/C13H14Cl2FN3O/c1-13(2,12(17)20)6-19-10-4-8(16)7(15)3-9(10)18-11(19)5-14/h3-4H,5-6H2,1-2H3,(H2,17,20). The summed E-state index contributed by atoms with van der Waals surface area (Å²) in [5, 5.41) is -0.00238. The van der Waals surface area contributed by atoms with Crippen molar-refractivity contribution in [2.45, 2.75) is 26.3 Å². The number of amides is 1. The summed E-state index contributed by atoms with van der Waals surface area (Å²) < 4.78 is 15.3. The molecule has 1 aromatic carbocycles. The molecule has 0 bridgehead atoms. The lowest BCUT2D eigenvalue weighted by molar-refractivity contribution is -0.126. The molecule has 4 nitrogen and oxygen atoms in total. The van der Waals surface area contributed by atoms with Crippen LogP contribution in [0.15, 0.2) is 12.1 Å². The SMILES string of the molecule is CC(C)(Cn1c(CCl)nc2cc(Cl)c(F)cc21)C(N)=O. The van der Waals surface area contributed by atoms with Gasteiger partial charge in [-0.05, 0) is 19.9 Å². The highest BCUT2D eigenvalue weighted by molar-refractivity contribution is 6.31. The summed E-state index contributed by atoms with van der Waals surface area (Å²) in [5.74, 6) is -0.312. The van der Waals surface area contributed by atoms with Crippen molar-refractivity contribution in [3.63, 3.8) is 0 Å². The highest BCUT2D eigenvalue weighted by Gasteiger charge is 2.27. The molecule has 20 heavy (non-hydrogen) atoms. The zero-order valence-electron chi connectivity index (χ0n) is 11.1. The molecule has 108 valence electrons. The lowest BCUT2D eigenvalue weighted by Crippen LogP contribution is -2.35. The Morgan fingerprint density at radius 2 is 2.15 bits per heavy atom. The number of carbonyl (C=O) groups is 1. The lowest BCUT2D eigenvalue weighted by atomic mass is 9.92. The van der Waals surface area contributed by atoms with Crippen LogP contribution in [0.1, 0.15) is 19.7 Å². The molecule has 2 aromatic rings. The number of nitrogens with two attached hydrogens (primary N) is 1. The Morgan fingerprint density at radius 1 is 1.50 bits per heavy atom. The quantitative estimate of drug-likeness (QED) is 0.881. The van der Waals surface area contributed by atoms with Gasteiger partial charge in [-0.3, -0.25) is 4.79 Å². The fourth-order valence-electron chi connectivity index (χ4n) is 1.92. The summed E-state index contributed by atoms with van der Waals surface area (Å²) >= 11 is 11.6. The van der Waals surface area contributed by atoms with Crippen molar-refractivity contribution in [2.75, 3.05) is 0 Å². The van der Waals surface area contributed by atoms with Gasteiger partial charge in [0.1, 0.15) is 11.6 Å². The number of hydrogen-bond donors (Lipinski definition) is 1. The van der Waals surface area contributed by atoms with E-state index >= 15 is 0 Å². The van der Waals surface area contributed by atoms with Crippen molar-refractivity contribution in [1.82, 2.24) is 9.55 Å². The molecule has 0 saturated carbocycles. The van der Waals surface area contributed by atoms with E-state index in [-0.39, 0.29) is 17.4 Å². The second-order valence-electron chi connectivity index (χ2n) is 5.25. The average molecular weight is 318 g/mol. The zero-order chi connectivity index (χ0) is 15.1. The van der Waals surface area contributed by atoms with Crippen molar-refractivity contribution in [2.24, 2.45) is 11.1 Å². The number of rotatable bonds is 4. The largest absolute Gasteiger partial charge is 0.369 e. The van der Waals surface area contributed by atoms with Crippen LogP contribution in [0.25, 0.3) is 11.0 Å². The van der Waals surface area contributed by atoms with E-state index in [0.29, 0.717) is 16.9 Å². The number of alkyl halides is 1. The smallest absolute Gasteiger partial charge is 0.224 e. The third-order valence-corrected chi connectivity index (χ3v) is 3.74. The normalized spacial score (nSPS) is 12.1. The molecule has 1 aromatic heterocycles. The second-order valence-corrected chi connectivity index (χ2v) is 5.93.